The minimum Gasteiger partial charge on any atom is -0.469 e. The number of benzene rings is 1. The van der Waals surface area contributed by atoms with E-state index in [-0.39, 0.29) is 28.4 Å². The number of aromatic nitrogens is 2. The van der Waals surface area contributed by atoms with Crippen LogP contribution < -0.4 is 4.90 Å². The van der Waals surface area contributed by atoms with Crippen molar-refractivity contribution in [2.24, 2.45) is 5.92 Å². The zero-order chi connectivity index (χ0) is 23.3. The number of carbonyl (C=O) groups is 2. The van der Waals surface area contributed by atoms with Crippen molar-refractivity contribution in [3.05, 3.63) is 52.0 Å². The number of methoxy groups -OCH3 is 1. The van der Waals surface area contributed by atoms with Crippen LogP contribution in [0.2, 0.25) is 10.3 Å². The second-order valence-electron chi connectivity index (χ2n) is 8.18. The van der Waals surface area contributed by atoms with E-state index in [1.807, 2.05) is 24.3 Å². The van der Waals surface area contributed by atoms with Crippen LogP contribution in [0.5, 0.6) is 0 Å². The Morgan fingerprint density at radius 1 is 1.12 bits per heavy atom. The predicted octanol–water partition coefficient (Wildman–Crippen LogP) is 4.65. The highest BCUT2D eigenvalue weighted by Crippen LogP contribution is 2.38. The van der Waals surface area contributed by atoms with Gasteiger partial charge in [-0.2, -0.15) is 0 Å². The van der Waals surface area contributed by atoms with Crippen LogP contribution in [-0.2, 0) is 9.53 Å². The summed E-state index contributed by atoms with van der Waals surface area (Å²) in [5.41, 5.74) is 1.81. The third kappa shape index (κ3) is 5.97. The fraction of sp³-hybridized carbons (Fsp3) is 0.478. The van der Waals surface area contributed by atoms with Crippen molar-refractivity contribution in [1.82, 2.24) is 9.97 Å². The number of esters is 1. The molecule has 0 spiro atoms. The van der Waals surface area contributed by atoms with Gasteiger partial charge in [0.25, 0.3) is 5.91 Å². The Hall–Kier alpha value is -2.22. The molecule has 2 aromatic rings. The Balaban J connectivity index is 1.75. The van der Waals surface area contributed by atoms with Gasteiger partial charge < -0.3 is 14.7 Å². The molecule has 7 nitrogen and oxygen atoms in total. The summed E-state index contributed by atoms with van der Waals surface area (Å²) < 4.78 is 4.78. The molecule has 0 saturated heterocycles. The molecule has 0 unspecified atom stereocenters. The van der Waals surface area contributed by atoms with Gasteiger partial charge in [0.15, 0.2) is 0 Å². The number of ether oxygens (including phenoxy) is 1. The average molecular weight is 480 g/mol. The first-order valence-electron chi connectivity index (χ1n) is 10.6. The standard InChI is InChI=1S/C23H27Cl2N3O4/c1-14(29)12-28(23(31)20-21(24)26-13-27-22(20)25)18-9-7-17(8-10-18)16-5-3-15(4-6-16)11-19(30)32-2/h7-10,13-16,29H,3-6,11-12H2,1-2H3/t14-,15?,16?/m0/s1. The van der Waals surface area contributed by atoms with Crippen molar-refractivity contribution in [1.29, 1.82) is 0 Å². The highest BCUT2D eigenvalue weighted by Gasteiger charge is 2.27. The van der Waals surface area contributed by atoms with E-state index in [1.165, 1.54) is 23.9 Å². The van der Waals surface area contributed by atoms with E-state index >= 15 is 0 Å². The van der Waals surface area contributed by atoms with E-state index in [0.717, 1.165) is 25.7 Å². The molecule has 0 aliphatic heterocycles. The van der Waals surface area contributed by atoms with Crippen LogP contribution in [0.3, 0.4) is 0 Å². The SMILES string of the molecule is COC(=O)CC1CCC(c2ccc(N(C[C@H](C)O)C(=O)c3c(Cl)ncnc3Cl)cc2)CC1. The minimum atomic E-state index is -0.758. The molecule has 1 amide bonds. The Bertz CT molecular complexity index is 925. The monoisotopic (exact) mass is 479 g/mol. The topological polar surface area (TPSA) is 92.6 Å². The maximum atomic E-state index is 13.2. The van der Waals surface area contributed by atoms with E-state index in [1.54, 1.807) is 6.92 Å². The summed E-state index contributed by atoms with van der Waals surface area (Å²) in [6.45, 7) is 1.67. The van der Waals surface area contributed by atoms with Crippen molar-refractivity contribution in [2.75, 3.05) is 18.6 Å². The molecule has 9 heteroatoms. The molecule has 1 fully saturated rings. The van der Waals surface area contributed by atoms with Gasteiger partial charge in [0, 0.05) is 12.1 Å². The second-order valence-corrected chi connectivity index (χ2v) is 8.90. The second kappa shape index (κ2) is 11.1. The Labute approximate surface area is 197 Å². The summed E-state index contributed by atoms with van der Waals surface area (Å²) in [4.78, 5) is 33.8. The molecule has 172 valence electrons. The molecular weight excluding hydrogens is 453 g/mol. The van der Waals surface area contributed by atoms with Gasteiger partial charge in [0.05, 0.1) is 19.8 Å². The number of aliphatic hydroxyl groups excluding tert-OH is 1. The van der Waals surface area contributed by atoms with E-state index in [4.69, 9.17) is 27.9 Å². The van der Waals surface area contributed by atoms with Crippen molar-refractivity contribution in [2.45, 2.75) is 51.0 Å². The summed E-state index contributed by atoms with van der Waals surface area (Å²) in [6.07, 6.45) is 4.89. The van der Waals surface area contributed by atoms with Crippen LogP contribution in [0.1, 0.15) is 60.9 Å². The molecule has 1 aliphatic carbocycles. The minimum absolute atomic E-state index is 0.00416. The molecule has 1 aromatic heterocycles. The highest BCUT2D eigenvalue weighted by atomic mass is 35.5. The van der Waals surface area contributed by atoms with Gasteiger partial charge in [-0.15, -0.1) is 0 Å². The number of hydrogen-bond acceptors (Lipinski definition) is 6. The van der Waals surface area contributed by atoms with Gasteiger partial charge in [-0.05, 0) is 62.1 Å². The summed E-state index contributed by atoms with van der Waals surface area (Å²) in [7, 11) is 1.42. The van der Waals surface area contributed by atoms with E-state index in [2.05, 4.69) is 9.97 Å². The van der Waals surface area contributed by atoms with Crippen molar-refractivity contribution in [3.63, 3.8) is 0 Å². The maximum Gasteiger partial charge on any atom is 0.305 e. The fourth-order valence-corrected chi connectivity index (χ4v) is 4.65. The summed E-state index contributed by atoms with van der Waals surface area (Å²) >= 11 is 12.2. The summed E-state index contributed by atoms with van der Waals surface area (Å²) in [6, 6.07) is 7.74. The summed E-state index contributed by atoms with van der Waals surface area (Å²) in [5.74, 6) is 0.159. The van der Waals surface area contributed by atoms with Crippen molar-refractivity contribution >= 4 is 40.8 Å². The summed E-state index contributed by atoms with van der Waals surface area (Å²) in [5, 5.41) is 9.89. The molecule has 1 atom stereocenters. The largest absolute Gasteiger partial charge is 0.469 e. The first-order chi connectivity index (χ1) is 15.3. The zero-order valence-corrected chi connectivity index (χ0v) is 19.6. The van der Waals surface area contributed by atoms with Crippen LogP contribution in [0, 0.1) is 5.92 Å². The van der Waals surface area contributed by atoms with Crippen molar-refractivity contribution in [3.8, 4) is 0 Å². The number of amides is 1. The van der Waals surface area contributed by atoms with Gasteiger partial charge in [-0.1, -0.05) is 35.3 Å². The first kappa shape index (κ1) is 24.4. The molecule has 0 bridgehead atoms. The predicted molar refractivity (Wildman–Crippen MR) is 123 cm³/mol. The lowest BCUT2D eigenvalue weighted by molar-refractivity contribution is -0.142. The molecular formula is C23H27Cl2N3O4. The fourth-order valence-electron chi connectivity index (χ4n) is 4.17. The van der Waals surface area contributed by atoms with Gasteiger partial charge >= 0.3 is 5.97 Å². The van der Waals surface area contributed by atoms with Gasteiger partial charge in [-0.25, -0.2) is 9.97 Å². The molecule has 1 saturated carbocycles. The first-order valence-corrected chi connectivity index (χ1v) is 11.4. The number of carbonyl (C=O) groups excluding carboxylic acids is 2. The van der Waals surface area contributed by atoms with Gasteiger partial charge in [0.2, 0.25) is 0 Å². The van der Waals surface area contributed by atoms with Gasteiger partial charge in [-0.3, -0.25) is 9.59 Å². The third-order valence-corrected chi connectivity index (χ3v) is 6.44. The van der Waals surface area contributed by atoms with E-state index in [0.29, 0.717) is 23.9 Å². The molecule has 1 heterocycles. The normalized spacial score (nSPS) is 19.3. The zero-order valence-electron chi connectivity index (χ0n) is 18.1. The van der Waals surface area contributed by atoms with Crippen LogP contribution in [0.4, 0.5) is 5.69 Å². The average Bonchev–Trinajstić information content (AvgIpc) is 2.77. The van der Waals surface area contributed by atoms with Gasteiger partial charge in [0.1, 0.15) is 22.2 Å². The highest BCUT2D eigenvalue weighted by molar-refractivity contribution is 6.39. The van der Waals surface area contributed by atoms with Crippen LogP contribution in [-0.4, -0.2) is 46.7 Å². The number of halogens is 2. The molecule has 1 N–H and O–H groups in total. The maximum absolute atomic E-state index is 13.2. The number of anilines is 1. The Kier molecular flexibility index (Phi) is 8.45. The van der Waals surface area contributed by atoms with Crippen LogP contribution in [0.15, 0.2) is 30.6 Å². The molecule has 32 heavy (non-hydrogen) atoms. The molecule has 3 rings (SSSR count). The third-order valence-electron chi connectivity index (χ3n) is 5.87. The number of nitrogens with zero attached hydrogens (tertiary/aromatic N) is 3. The lowest BCUT2D eigenvalue weighted by Crippen LogP contribution is -2.37. The van der Waals surface area contributed by atoms with Crippen molar-refractivity contribution < 1.29 is 19.4 Å². The number of hydrogen-bond donors (Lipinski definition) is 1. The van der Waals surface area contributed by atoms with Crippen LogP contribution in [0.25, 0.3) is 0 Å². The quantitative estimate of drug-likeness (QED) is 0.458. The smallest absolute Gasteiger partial charge is 0.305 e. The lowest BCUT2D eigenvalue weighted by Gasteiger charge is -2.29. The van der Waals surface area contributed by atoms with Crippen LogP contribution >= 0.6 is 23.2 Å². The molecule has 1 aliphatic rings. The Morgan fingerprint density at radius 2 is 1.72 bits per heavy atom. The number of rotatable bonds is 7. The molecule has 1 aromatic carbocycles. The van der Waals surface area contributed by atoms with E-state index in [9.17, 15) is 14.7 Å². The Morgan fingerprint density at radius 3 is 2.25 bits per heavy atom. The number of aliphatic hydroxyl groups is 1. The molecule has 0 radical (unpaired) electrons. The van der Waals surface area contributed by atoms with E-state index < -0.39 is 12.0 Å². The lowest BCUT2D eigenvalue weighted by atomic mass is 9.77.